The molecule has 0 saturated carbocycles. The van der Waals surface area contributed by atoms with Crippen molar-refractivity contribution in [1.29, 1.82) is 0 Å². The van der Waals surface area contributed by atoms with Crippen LogP contribution in [0.4, 0.5) is 5.69 Å². The molecule has 2 fully saturated rings. The Morgan fingerprint density at radius 1 is 1.26 bits per heavy atom. The van der Waals surface area contributed by atoms with Crippen LogP contribution in [0, 0.1) is 5.41 Å². The summed E-state index contributed by atoms with van der Waals surface area (Å²) in [5.74, 6) is -1.59. The molecule has 0 aromatic heterocycles. The number of benzene rings is 2. The van der Waals surface area contributed by atoms with Gasteiger partial charge in [0.15, 0.2) is 17.4 Å². The van der Waals surface area contributed by atoms with Crippen molar-refractivity contribution in [3.63, 3.8) is 0 Å². The monoisotopic (exact) mass is 476 g/mol. The zero-order chi connectivity index (χ0) is 25.2. The first-order chi connectivity index (χ1) is 16.6. The highest BCUT2D eigenvalue weighted by molar-refractivity contribution is 5.96. The van der Waals surface area contributed by atoms with Gasteiger partial charge < -0.3 is 19.9 Å². The van der Waals surface area contributed by atoms with E-state index in [-0.39, 0.29) is 18.6 Å². The van der Waals surface area contributed by atoms with Crippen LogP contribution in [-0.2, 0) is 35.9 Å². The standard InChI is InChI=1S/C27H28N2O6/c1-5-25(3,4)27-26(35-16(2)30,18-12-9-13-20(31)22(18)28-27)15-19-24(33)34-21(23(32)29(19)27)14-17-10-7-6-8-11-17/h5-13,19,21,28,31H,1,14-15H2,2-4H3. The number of anilines is 1. The first kappa shape index (κ1) is 23.0. The fourth-order valence-electron chi connectivity index (χ4n) is 6.04. The van der Waals surface area contributed by atoms with Crippen LogP contribution in [0.1, 0.15) is 38.3 Å². The minimum absolute atomic E-state index is 0.0179. The number of aromatic hydroxyl groups is 1. The number of rotatable bonds is 5. The molecule has 3 heterocycles. The number of cyclic esters (lactones) is 1. The predicted octanol–water partition coefficient (Wildman–Crippen LogP) is 3.25. The van der Waals surface area contributed by atoms with E-state index in [1.165, 1.54) is 17.9 Å². The van der Waals surface area contributed by atoms with Crippen molar-refractivity contribution in [3.05, 3.63) is 72.3 Å². The number of phenolic OH excluding ortho intramolecular Hbond substituents is 1. The topological polar surface area (TPSA) is 105 Å². The van der Waals surface area contributed by atoms with E-state index >= 15 is 0 Å². The summed E-state index contributed by atoms with van der Waals surface area (Å²) >= 11 is 0. The molecule has 1 amide bonds. The number of phenols is 1. The average Bonchev–Trinajstić information content (AvgIpc) is 3.26. The predicted molar refractivity (Wildman–Crippen MR) is 127 cm³/mol. The number of nitrogens with one attached hydrogen (secondary N) is 1. The number of hydrogen-bond donors (Lipinski definition) is 2. The maximum Gasteiger partial charge on any atom is 0.329 e. The molecule has 0 spiro atoms. The summed E-state index contributed by atoms with van der Waals surface area (Å²) in [5, 5.41) is 14.1. The second-order valence-electron chi connectivity index (χ2n) is 9.92. The number of amides is 1. The Kier molecular flexibility index (Phi) is 4.98. The van der Waals surface area contributed by atoms with Crippen LogP contribution in [0.3, 0.4) is 0 Å². The van der Waals surface area contributed by atoms with Gasteiger partial charge in [0.05, 0.1) is 5.69 Å². The number of carbonyl (C=O) groups is 3. The lowest BCUT2D eigenvalue weighted by Gasteiger charge is -2.54. The molecule has 0 radical (unpaired) electrons. The van der Waals surface area contributed by atoms with Gasteiger partial charge in [-0.1, -0.05) is 62.4 Å². The van der Waals surface area contributed by atoms with Gasteiger partial charge in [0, 0.05) is 30.7 Å². The Bertz CT molecular complexity index is 1240. The molecule has 2 aromatic carbocycles. The van der Waals surface area contributed by atoms with Gasteiger partial charge in [-0.05, 0) is 11.6 Å². The molecule has 0 bridgehead atoms. The third kappa shape index (κ3) is 2.95. The van der Waals surface area contributed by atoms with Crippen molar-refractivity contribution < 1.29 is 29.0 Å². The van der Waals surface area contributed by atoms with Gasteiger partial charge in [0.1, 0.15) is 11.8 Å². The Balaban J connectivity index is 1.72. The van der Waals surface area contributed by atoms with Gasteiger partial charge in [-0.25, -0.2) is 4.79 Å². The summed E-state index contributed by atoms with van der Waals surface area (Å²) in [6, 6.07) is 13.2. The zero-order valence-electron chi connectivity index (χ0n) is 19.9. The summed E-state index contributed by atoms with van der Waals surface area (Å²) in [6.45, 7) is 9.00. The molecule has 8 heteroatoms. The molecule has 35 heavy (non-hydrogen) atoms. The number of hydrogen-bond acceptors (Lipinski definition) is 7. The third-order valence-electron chi connectivity index (χ3n) is 7.59. The van der Waals surface area contributed by atoms with Crippen molar-refractivity contribution in [2.45, 2.75) is 57.0 Å². The SMILES string of the molecule is C=CC(C)(C)C12Nc3c(O)cccc3C1(OC(C)=O)CC1C(=O)OC(Cc3ccccc3)C(=O)N12. The zero-order valence-corrected chi connectivity index (χ0v) is 19.9. The largest absolute Gasteiger partial charge is 0.506 e. The van der Waals surface area contributed by atoms with Crippen LogP contribution in [0.5, 0.6) is 5.75 Å². The molecule has 4 unspecified atom stereocenters. The summed E-state index contributed by atoms with van der Waals surface area (Å²) < 4.78 is 11.7. The molecule has 8 nitrogen and oxygen atoms in total. The summed E-state index contributed by atoms with van der Waals surface area (Å²) in [4.78, 5) is 41.4. The van der Waals surface area contributed by atoms with E-state index < -0.39 is 46.7 Å². The van der Waals surface area contributed by atoms with Gasteiger partial charge in [-0.15, -0.1) is 6.58 Å². The number of ether oxygens (including phenoxy) is 2. The van der Waals surface area contributed by atoms with Gasteiger partial charge in [-0.2, -0.15) is 0 Å². The second kappa shape index (κ2) is 7.60. The van der Waals surface area contributed by atoms with Crippen LogP contribution >= 0.6 is 0 Å². The molecule has 3 aliphatic rings. The van der Waals surface area contributed by atoms with E-state index in [9.17, 15) is 19.5 Å². The molecule has 2 aromatic rings. The van der Waals surface area contributed by atoms with Crippen molar-refractivity contribution in [2.75, 3.05) is 5.32 Å². The van der Waals surface area contributed by atoms with E-state index in [2.05, 4.69) is 11.9 Å². The molecule has 4 atom stereocenters. The van der Waals surface area contributed by atoms with Crippen LogP contribution in [0.2, 0.25) is 0 Å². The fraction of sp³-hybridized carbons (Fsp3) is 0.370. The third-order valence-corrected chi connectivity index (χ3v) is 7.59. The van der Waals surface area contributed by atoms with Crippen molar-refractivity contribution in [2.24, 2.45) is 5.41 Å². The number of para-hydroxylation sites is 1. The number of morpholine rings is 1. The van der Waals surface area contributed by atoms with E-state index in [4.69, 9.17) is 9.47 Å². The number of fused-ring (bicyclic) bond motifs is 5. The molecule has 182 valence electrons. The fourth-order valence-corrected chi connectivity index (χ4v) is 6.04. The van der Waals surface area contributed by atoms with Crippen LogP contribution in [0.25, 0.3) is 0 Å². The highest BCUT2D eigenvalue weighted by Crippen LogP contribution is 2.66. The Morgan fingerprint density at radius 3 is 2.63 bits per heavy atom. The second-order valence-corrected chi connectivity index (χ2v) is 9.92. The maximum atomic E-state index is 14.1. The molecule has 5 rings (SSSR count). The van der Waals surface area contributed by atoms with Crippen molar-refractivity contribution in [1.82, 2.24) is 4.90 Å². The van der Waals surface area contributed by atoms with Crippen LogP contribution in [0.15, 0.2) is 61.2 Å². The van der Waals surface area contributed by atoms with Gasteiger partial charge >= 0.3 is 11.9 Å². The Labute approximate surface area is 203 Å². The van der Waals surface area contributed by atoms with Crippen LogP contribution in [-0.4, -0.2) is 45.7 Å². The van der Waals surface area contributed by atoms with Crippen molar-refractivity contribution >= 4 is 23.5 Å². The Hall–Kier alpha value is -3.81. The van der Waals surface area contributed by atoms with Crippen LogP contribution < -0.4 is 5.32 Å². The molecular formula is C27H28N2O6. The van der Waals surface area contributed by atoms with E-state index in [0.717, 1.165) is 5.56 Å². The first-order valence-electron chi connectivity index (χ1n) is 11.6. The van der Waals surface area contributed by atoms with Gasteiger partial charge in [0.25, 0.3) is 5.91 Å². The number of carbonyl (C=O) groups excluding carboxylic acids is 3. The van der Waals surface area contributed by atoms with E-state index in [1.54, 1.807) is 18.2 Å². The highest BCUT2D eigenvalue weighted by atomic mass is 16.6. The lowest BCUT2D eigenvalue weighted by atomic mass is 9.68. The summed E-state index contributed by atoms with van der Waals surface area (Å²) in [5.41, 5.74) is -2.13. The highest BCUT2D eigenvalue weighted by Gasteiger charge is 2.78. The summed E-state index contributed by atoms with van der Waals surface area (Å²) in [7, 11) is 0. The molecule has 2 saturated heterocycles. The Morgan fingerprint density at radius 2 is 1.97 bits per heavy atom. The van der Waals surface area contributed by atoms with Crippen molar-refractivity contribution in [3.8, 4) is 5.75 Å². The minimum Gasteiger partial charge on any atom is -0.506 e. The minimum atomic E-state index is -1.47. The molecular weight excluding hydrogens is 448 g/mol. The maximum absolute atomic E-state index is 14.1. The first-order valence-corrected chi connectivity index (χ1v) is 11.6. The molecule has 3 aliphatic heterocycles. The number of nitrogens with zero attached hydrogens (tertiary/aromatic N) is 1. The summed E-state index contributed by atoms with van der Waals surface area (Å²) in [6.07, 6.45) is 0.808. The molecule has 2 N–H and O–H groups in total. The smallest absolute Gasteiger partial charge is 0.329 e. The molecule has 0 aliphatic carbocycles. The van der Waals surface area contributed by atoms with Gasteiger partial charge in [-0.3, -0.25) is 14.5 Å². The lowest BCUT2D eigenvalue weighted by molar-refractivity contribution is -0.190. The van der Waals surface area contributed by atoms with Gasteiger partial charge in [0.2, 0.25) is 0 Å². The average molecular weight is 477 g/mol. The quantitative estimate of drug-likeness (QED) is 0.388. The van der Waals surface area contributed by atoms with E-state index in [1.807, 2.05) is 44.2 Å². The number of esters is 2. The normalized spacial score (nSPS) is 28.9. The van der Waals surface area contributed by atoms with E-state index in [0.29, 0.717) is 11.3 Å². The lowest BCUT2D eigenvalue weighted by Crippen LogP contribution is -2.72.